The first-order valence-corrected chi connectivity index (χ1v) is 9.49. The van der Waals surface area contributed by atoms with Crippen molar-refractivity contribution in [2.45, 2.75) is 26.9 Å². The van der Waals surface area contributed by atoms with Crippen LogP contribution in [0.1, 0.15) is 22.4 Å². The summed E-state index contributed by atoms with van der Waals surface area (Å²) >= 11 is 0. The lowest BCUT2D eigenvalue weighted by atomic mass is 10.1. The SMILES string of the molecule is C=CCN(Cc1cccn1Cc1ccccc1C)C(=O)Nc1ccccc1C. The van der Waals surface area contributed by atoms with Crippen molar-refractivity contribution in [2.75, 3.05) is 11.9 Å². The lowest BCUT2D eigenvalue weighted by Crippen LogP contribution is -2.35. The van der Waals surface area contributed by atoms with E-state index in [1.165, 1.54) is 11.1 Å². The molecule has 0 atom stereocenters. The van der Waals surface area contributed by atoms with Crippen molar-refractivity contribution in [3.8, 4) is 0 Å². The fraction of sp³-hybridized carbons (Fsp3) is 0.208. The number of aryl methyl sites for hydroxylation is 2. The van der Waals surface area contributed by atoms with Crippen molar-refractivity contribution >= 4 is 11.7 Å². The molecule has 2 aromatic carbocycles. The average molecular weight is 374 g/mol. The molecular weight excluding hydrogens is 346 g/mol. The summed E-state index contributed by atoms with van der Waals surface area (Å²) in [7, 11) is 0. The highest BCUT2D eigenvalue weighted by atomic mass is 16.2. The minimum Gasteiger partial charge on any atom is -0.345 e. The quantitative estimate of drug-likeness (QED) is 0.555. The van der Waals surface area contributed by atoms with E-state index in [-0.39, 0.29) is 6.03 Å². The summed E-state index contributed by atoms with van der Waals surface area (Å²) in [6, 6.07) is 20.1. The number of carbonyl (C=O) groups excluding carboxylic acids is 1. The molecule has 0 saturated heterocycles. The Kier molecular flexibility index (Phi) is 6.33. The van der Waals surface area contributed by atoms with Crippen LogP contribution in [-0.4, -0.2) is 22.0 Å². The van der Waals surface area contributed by atoms with Gasteiger partial charge in [0.2, 0.25) is 0 Å². The fourth-order valence-corrected chi connectivity index (χ4v) is 3.20. The van der Waals surface area contributed by atoms with Gasteiger partial charge in [0.25, 0.3) is 0 Å². The second-order valence-electron chi connectivity index (χ2n) is 6.97. The minimum absolute atomic E-state index is 0.127. The number of nitrogens with one attached hydrogen (secondary N) is 1. The van der Waals surface area contributed by atoms with E-state index in [9.17, 15) is 4.79 Å². The molecule has 1 aromatic heterocycles. The largest absolute Gasteiger partial charge is 0.345 e. The maximum absolute atomic E-state index is 12.9. The number of amides is 2. The van der Waals surface area contributed by atoms with E-state index in [0.717, 1.165) is 23.5 Å². The molecule has 0 bridgehead atoms. The predicted molar refractivity (Wildman–Crippen MR) is 116 cm³/mol. The van der Waals surface area contributed by atoms with Crippen molar-refractivity contribution in [3.05, 3.63) is 102 Å². The Morgan fingerprint density at radius 3 is 2.46 bits per heavy atom. The Morgan fingerprint density at radius 2 is 1.75 bits per heavy atom. The molecule has 4 heteroatoms. The monoisotopic (exact) mass is 373 g/mol. The third kappa shape index (κ3) is 4.71. The number of anilines is 1. The number of para-hydroxylation sites is 1. The van der Waals surface area contributed by atoms with Crippen LogP contribution in [0, 0.1) is 13.8 Å². The van der Waals surface area contributed by atoms with E-state index in [2.05, 4.69) is 59.9 Å². The zero-order valence-electron chi connectivity index (χ0n) is 16.6. The predicted octanol–water partition coefficient (Wildman–Crippen LogP) is 5.37. The highest BCUT2D eigenvalue weighted by Gasteiger charge is 2.15. The van der Waals surface area contributed by atoms with Crippen molar-refractivity contribution in [1.82, 2.24) is 9.47 Å². The van der Waals surface area contributed by atoms with Gasteiger partial charge in [-0.2, -0.15) is 0 Å². The topological polar surface area (TPSA) is 37.3 Å². The molecule has 0 aliphatic carbocycles. The Morgan fingerprint density at radius 1 is 1.04 bits per heavy atom. The molecule has 0 radical (unpaired) electrons. The van der Waals surface area contributed by atoms with Gasteiger partial charge in [-0.15, -0.1) is 6.58 Å². The summed E-state index contributed by atoms with van der Waals surface area (Å²) in [6.07, 6.45) is 3.82. The van der Waals surface area contributed by atoms with Gasteiger partial charge in [-0.1, -0.05) is 48.5 Å². The summed E-state index contributed by atoms with van der Waals surface area (Å²) in [4.78, 5) is 14.6. The number of carbonyl (C=O) groups is 1. The molecule has 4 nitrogen and oxygen atoms in total. The minimum atomic E-state index is -0.127. The van der Waals surface area contributed by atoms with Crippen molar-refractivity contribution in [1.29, 1.82) is 0 Å². The number of nitrogens with zero attached hydrogens (tertiary/aromatic N) is 2. The highest BCUT2D eigenvalue weighted by molar-refractivity contribution is 5.90. The first-order chi connectivity index (χ1) is 13.6. The zero-order valence-corrected chi connectivity index (χ0v) is 16.6. The third-order valence-corrected chi connectivity index (χ3v) is 4.90. The van der Waals surface area contributed by atoms with Gasteiger partial charge in [0.1, 0.15) is 0 Å². The molecule has 3 rings (SSSR count). The molecule has 1 heterocycles. The van der Waals surface area contributed by atoms with Gasteiger partial charge < -0.3 is 14.8 Å². The Hall–Kier alpha value is -3.27. The number of rotatable bonds is 7. The van der Waals surface area contributed by atoms with Crippen LogP contribution >= 0.6 is 0 Å². The van der Waals surface area contributed by atoms with Gasteiger partial charge in [0.15, 0.2) is 0 Å². The van der Waals surface area contributed by atoms with Crippen molar-refractivity contribution in [3.63, 3.8) is 0 Å². The lowest BCUT2D eigenvalue weighted by molar-refractivity contribution is 0.214. The molecule has 0 fully saturated rings. The summed E-state index contributed by atoms with van der Waals surface area (Å²) in [6.45, 7) is 9.70. The van der Waals surface area contributed by atoms with Crippen LogP contribution in [0.3, 0.4) is 0 Å². The van der Waals surface area contributed by atoms with Crippen molar-refractivity contribution < 1.29 is 4.79 Å². The number of benzene rings is 2. The average Bonchev–Trinajstić information content (AvgIpc) is 3.12. The van der Waals surface area contributed by atoms with Crippen LogP contribution < -0.4 is 5.32 Å². The van der Waals surface area contributed by atoms with E-state index in [1.807, 2.05) is 37.3 Å². The summed E-state index contributed by atoms with van der Waals surface area (Å²) < 4.78 is 2.19. The Balaban J connectivity index is 1.75. The molecule has 144 valence electrons. The van der Waals surface area contributed by atoms with Crippen LogP contribution in [-0.2, 0) is 13.1 Å². The normalized spacial score (nSPS) is 10.5. The van der Waals surface area contributed by atoms with E-state index < -0.39 is 0 Å². The lowest BCUT2D eigenvalue weighted by Gasteiger charge is -2.23. The molecule has 28 heavy (non-hydrogen) atoms. The third-order valence-electron chi connectivity index (χ3n) is 4.90. The van der Waals surface area contributed by atoms with Crippen LogP contribution in [0.4, 0.5) is 10.5 Å². The summed E-state index contributed by atoms with van der Waals surface area (Å²) in [5, 5.41) is 3.02. The van der Waals surface area contributed by atoms with Crippen LogP contribution in [0.2, 0.25) is 0 Å². The summed E-state index contributed by atoms with van der Waals surface area (Å²) in [5.74, 6) is 0. The number of aromatic nitrogens is 1. The molecule has 3 aromatic rings. The van der Waals surface area contributed by atoms with E-state index in [1.54, 1.807) is 11.0 Å². The molecule has 1 N–H and O–H groups in total. The maximum Gasteiger partial charge on any atom is 0.322 e. The molecule has 2 amide bonds. The molecule has 0 aliphatic heterocycles. The Labute approximate surface area is 167 Å². The number of hydrogen-bond donors (Lipinski definition) is 1. The van der Waals surface area contributed by atoms with E-state index >= 15 is 0 Å². The van der Waals surface area contributed by atoms with Gasteiger partial charge in [0.05, 0.1) is 6.54 Å². The number of hydrogen-bond acceptors (Lipinski definition) is 1. The van der Waals surface area contributed by atoms with Crippen LogP contribution in [0.5, 0.6) is 0 Å². The van der Waals surface area contributed by atoms with Crippen LogP contribution in [0.15, 0.2) is 79.5 Å². The van der Waals surface area contributed by atoms with Crippen LogP contribution in [0.25, 0.3) is 0 Å². The van der Waals surface area contributed by atoms with E-state index in [0.29, 0.717) is 13.1 Å². The molecule has 0 aliphatic rings. The second-order valence-corrected chi connectivity index (χ2v) is 6.97. The standard InChI is InChI=1S/C24H27N3O/c1-4-15-27(24(28)25-23-14-8-6-11-20(23)3)18-22-13-9-16-26(22)17-21-12-7-5-10-19(21)2/h4-14,16H,1,15,17-18H2,2-3H3,(H,25,28). The first-order valence-electron chi connectivity index (χ1n) is 9.49. The summed E-state index contributed by atoms with van der Waals surface area (Å²) in [5.41, 5.74) is 5.50. The smallest absolute Gasteiger partial charge is 0.322 e. The van der Waals surface area contributed by atoms with Gasteiger partial charge in [-0.3, -0.25) is 0 Å². The number of urea groups is 1. The van der Waals surface area contributed by atoms with Gasteiger partial charge in [0, 0.05) is 30.7 Å². The van der Waals surface area contributed by atoms with Gasteiger partial charge in [-0.25, -0.2) is 4.79 Å². The van der Waals surface area contributed by atoms with E-state index in [4.69, 9.17) is 0 Å². The zero-order chi connectivity index (χ0) is 19.9. The van der Waals surface area contributed by atoms with Crippen molar-refractivity contribution in [2.24, 2.45) is 0 Å². The fourth-order valence-electron chi connectivity index (χ4n) is 3.20. The molecular formula is C24H27N3O. The molecule has 0 saturated carbocycles. The van der Waals surface area contributed by atoms with Gasteiger partial charge in [-0.05, 0) is 48.7 Å². The first kappa shape index (κ1) is 19.5. The maximum atomic E-state index is 12.9. The second kappa shape index (κ2) is 9.09. The van der Waals surface area contributed by atoms with Gasteiger partial charge >= 0.3 is 6.03 Å². The Bertz CT molecular complexity index is 958. The molecule has 0 unspecified atom stereocenters. The molecule has 0 spiro atoms. The highest BCUT2D eigenvalue weighted by Crippen LogP contribution is 2.16.